The van der Waals surface area contributed by atoms with Crippen LogP contribution in [0.15, 0.2) is 24.3 Å². The highest BCUT2D eigenvalue weighted by molar-refractivity contribution is 7.15. The third kappa shape index (κ3) is 4.33. The van der Waals surface area contributed by atoms with Gasteiger partial charge in [0.05, 0.1) is 5.69 Å². The average Bonchev–Trinajstić information content (AvgIpc) is 3.32. The summed E-state index contributed by atoms with van der Waals surface area (Å²) < 4.78 is 14.7. The van der Waals surface area contributed by atoms with Crippen LogP contribution in [0.1, 0.15) is 34.9 Å². The molecule has 0 spiro atoms. The topological polar surface area (TPSA) is 88.8 Å². The molecule has 0 aliphatic carbocycles. The van der Waals surface area contributed by atoms with Crippen molar-refractivity contribution in [2.24, 2.45) is 0 Å². The lowest BCUT2D eigenvalue weighted by Crippen LogP contribution is -2.29. The van der Waals surface area contributed by atoms with Gasteiger partial charge in [0.15, 0.2) is 5.13 Å². The van der Waals surface area contributed by atoms with Crippen molar-refractivity contribution < 1.29 is 9.18 Å². The van der Waals surface area contributed by atoms with E-state index in [1.54, 1.807) is 19.1 Å². The summed E-state index contributed by atoms with van der Waals surface area (Å²) in [7, 11) is 0. The number of rotatable bonds is 6. The molecular weight excluding hydrogens is 393 g/mol. The van der Waals surface area contributed by atoms with Crippen molar-refractivity contribution in [3.05, 3.63) is 52.0 Å². The van der Waals surface area contributed by atoms with E-state index in [9.17, 15) is 9.18 Å². The first-order valence-corrected chi connectivity index (χ1v) is 10.4. The summed E-state index contributed by atoms with van der Waals surface area (Å²) in [5.41, 5.74) is 1.88. The lowest BCUT2D eigenvalue weighted by atomic mass is 10.1. The van der Waals surface area contributed by atoms with Crippen LogP contribution < -0.4 is 5.32 Å². The van der Waals surface area contributed by atoms with Gasteiger partial charge in [-0.25, -0.2) is 14.1 Å². The SMILES string of the molecule is CCN1CCc2nc(NC(=O)C(Cc3ccc(F)cc3)n3nnnc3C)sc2C1. The van der Waals surface area contributed by atoms with E-state index in [0.29, 0.717) is 17.4 Å². The second kappa shape index (κ2) is 8.34. The van der Waals surface area contributed by atoms with E-state index in [1.807, 2.05) is 0 Å². The van der Waals surface area contributed by atoms with Crippen LogP contribution in [0.5, 0.6) is 0 Å². The zero-order valence-electron chi connectivity index (χ0n) is 16.3. The Morgan fingerprint density at radius 3 is 2.83 bits per heavy atom. The van der Waals surface area contributed by atoms with Crippen LogP contribution in [-0.2, 0) is 24.2 Å². The summed E-state index contributed by atoms with van der Waals surface area (Å²) in [4.78, 5) is 21.3. The first-order valence-electron chi connectivity index (χ1n) is 9.54. The number of fused-ring (bicyclic) bond motifs is 1. The summed E-state index contributed by atoms with van der Waals surface area (Å²) in [6.45, 7) is 6.73. The van der Waals surface area contributed by atoms with Crippen LogP contribution in [0, 0.1) is 12.7 Å². The molecule has 1 amide bonds. The molecule has 1 aromatic carbocycles. The third-order valence-corrected chi connectivity index (χ3v) is 6.08. The van der Waals surface area contributed by atoms with Crippen molar-refractivity contribution in [3.8, 4) is 0 Å². The van der Waals surface area contributed by atoms with Crippen LogP contribution in [0.4, 0.5) is 9.52 Å². The molecule has 0 fully saturated rings. The Bertz CT molecular complexity index is 1000. The van der Waals surface area contributed by atoms with Crippen molar-refractivity contribution in [2.75, 3.05) is 18.4 Å². The molecular formula is C19H22FN7OS. The molecule has 2 aromatic heterocycles. The normalized spacial score (nSPS) is 15.1. The Morgan fingerprint density at radius 1 is 1.34 bits per heavy atom. The maximum Gasteiger partial charge on any atom is 0.251 e. The van der Waals surface area contributed by atoms with Gasteiger partial charge in [0.25, 0.3) is 5.91 Å². The van der Waals surface area contributed by atoms with Gasteiger partial charge < -0.3 is 5.32 Å². The van der Waals surface area contributed by atoms with E-state index in [1.165, 1.54) is 33.0 Å². The van der Waals surface area contributed by atoms with Gasteiger partial charge in [-0.3, -0.25) is 9.69 Å². The number of hydrogen-bond acceptors (Lipinski definition) is 7. The molecule has 1 atom stereocenters. The largest absolute Gasteiger partial charge is 0.300 e. The van der Waals surface area contributed by atoms with E-state index >= 15 is 0 Å². The predicted molar refractivity (Wildman–Crippen MR) is 107 cm³/mol. The standard InChI is InChI=1S/C19H22FN7OS/c1-3-26-9-8-15-17(11-26)29-19(21-15)22-18(28)16(27-12(2)23-24-25-27)10-13-4-6-14(20)7-5-13/h4-7,16H,3,8-11H2,1-2H3,(H,21,22,28). The molecule has 3 heterocycles. The Labute approximate surface area is 171 Å². The van der Waals surface area contributed by atoms with E-state index in [4.69, 9.17) is 0 Å². The van der Waals surface area contributed by atoms with Gasteiger partial charge in [-0.15, -0.1) is 16.4 Å². The van der Waals surface area contributed by atoms with Gasteiger partial charge in [-0.2, -0.15) is 0 Å². The summed E-state index contributed by atoms with van der Waals surface area (Å²) >= 11 is 1.51. The quantitative estimate of drug-likeness (QED) is 0.665. The molecule has 1 aliphatic rings. The molecule has 0 saturated carbocycles. The first-order chi connectivity index (χ1) is 14.0. The maximum absolute atomic E-state index is 13.2. The minimum atomic E-state index is -0.663. The number of anilines is 1. The number of aryl methyl sites for hydroxylation is 1. The van der Waals surface area contributed by atoms with Gasteiger partial charge in [0, 0.05) is 30.8 Å². The second-order valence-corrected chi connectivity index (χ2v) is 8.10. The summed E-state index contributed by atoms with van der Waals surface area (Å²) in [5, 5.41) is 15.1. The van der Waals surface area contributed by atoms with Crippen molar-refractivity contribution in [1.29, 1.82) is 0 Å². The minimum Gasteiger partial charge on any atom is -0.300 e. The van der Waals surface area contributed by atoms with Gasteiger partial charge in [0.1, 0.15) is 17.7 Å². The summed E-state index contributed by atoms with van der Waals surface area (Å²) in [6.07, 6.45) is 1.23. The highest BCUT2D eigenvalue weighted by Gasteiger charge is 2.26. The number of likely N-dealkylation sites (N-methyl/N-ethyl adjacent to an activating group) is 1. The number of nitrogens with zero attached hydrogens (tertiary/aromatic N) is 6. The van der Waals surface area contributed by atoms with Crippen molar-refractivity contribution in [2.45, 2.75) is 39.3 Å². The minimum absolute atomic E-state index is 0.247. The fourth-order valence-electron chi connectivity index (χ4n) is 3.42. The first kappa shape index (κ1) is 19.6. The number of thiazole rings is 1. The average molecular weight is 415 g/mol. The third-order valence-electron chi connectivity index (χ3n) is 5.09. The van der Waals surface area contributed by atoms with Crippen LogP contribution >= 0.6 is 11.3 Å². The Hall–Kier alpha value is -2.72. The number of hydrogen-bond donors (Lipinski definition) is 1. The lowest BCUT2D eigenvalue weighted by Gasteiger charge is -2.23. The molecule has 10 heteroatoms. The molecule has 3 aromatic rings. The highest BCUT2D eigenvalue weighted by Crippen LogP contribution is 2.29. The van der Waals surface area contributed by atoms with Crippen LogP contribution in [0.2, 0.25) is 0 Å². The van der Waals surface area contributed by atoms with Crippen LogP contribution in [-0.4, -0.2) is 49.1 Å². The zero-order chi connectivity index (χ0) is 20.4. The molecule has 0 bridgehead atoms. The molecule has 8 nitrogen and oxygen atoms in total. The fraction of sp³-hybridized carbons (Fsp3) is 0.421. The highest BCUT2D eigenvalue weighted by atomic mass is 32.1. The molecule has 1 aliphatic heterocycles. The van der Waals surface area contributed by atoms with Gasteiger partial charge in [0.2, 0.25) is 0 Å². The number of aromatic nitrogens is 5. The van der Waals surface area contributed by atoms with Crippen LogP contribution in [0.3, 0.4) is 0 Å². The van der Waals surface area contributed by atoms with Crippen molar-refractivity contribution >= 4 is 22.4 Å². The van der Waals surface area contributed by atoms with E-state index < -0.39 is 6.04 Å². The van der Waals surface area contributed by atoms with Gasteiger partial charge >= 0.3 is 0 Å². The second-order valence-electron chi connectivity index (χ2n) is 7.01. The molecule has 1 N–H and O–H groups in total. The monoisotopic (exact) mass is 415 g/mol. The Kier molecular flexibility index (Phi) is 5.63. The lowest BCUT2D eigenvalue weighted by molar-refractivity contribution is -0.119. The fourth-order valence-corrected chi connectivity index (χ4v) is 4.47. The molecule has 4 rings (SSSR count). The number of carbonyl (C=O) groups is 1. The van der Waals surface area contributed by atoms with Crippen molar-refractivity contribution in [1.82, 2.24) is 30.1 Å². The molecule has 152 valence electrons. The molecule has 0 saturated heterocycles. The van der Waals surface area contributed by atoms with E-state index in [0.717, 1.165) is 37.3 Å². The number of nitrogens with one attached hydrogen (secondary N) is 1. The number of benzene rings is 1. The maximum atomic E-state index is 13.2. The smallest absolute Gasteiger partial charge is 0.251 e. The molecule has 29 heavy (non-hydrogen) atoms. The predicted octanol–water partition coefficient (Wildman–Crippen LogP) is 2.38. The number of amides is 1. The number of tetrazole rings is 1. The van der Waals surface area contributed by atoms with Gasteiger partial charge in [-0.05, 0) is 41.6 Å². The van der Waals surface area contributed by atoms with Crippen LogP contribution in [0.25, 0.3) is 0 Å². The molecule has 1 unspecified atom stereocenters. The number of halogens is 1. The van der Waals surface area contributed by atoms with E-state index in [-0.39, 0.29) is 11.7 Å². The Morgan fingerprint density at radius 2 is 2.14 bits per heavy atom. The number of carbonyl (C=O) groups excluding carboxylic acids is 1. The van der Waals surface area contributed by atoms with Gasteiger partial charge in [-0.1, -0.05) is 19.1 Å². The summed E-state index contributed by atoms with van der Waals surface area (Å²) in [5.74, 6) is -0.0321. The zero-order valence-corrected chi connectivity index (χ0v) is 17.1. The summed E-state index contributed by atoms with van der Waals surface area (Å²) in [6, 6.07) is 5.42. The molecule has 0 radical (unpaired) electrons. The Balaban J connectivity index is 1.55. The van der Waals surface area contributed by atoms with E-state index in [2.05, 4.69) is 37.6 Å². The van der Waals surface area contributed by atoms with Crippen molar-refractivity contribution in [3.63, 3.8) is 0 Å².